The summed E-state index contributed by atoms with van der Waals surface area (Å²) in [5.74, 6) is -2.01. The number of carbonyl (C=O) groups excluding carboxylic acids is 4. The summed E-state index contributed by atoms with van der Waals surface area (Å²) >= 11 is 0. The predicted molar refractivity (Wildman–Crippen MR) is 94.2 cm³/mol. The number of nitrogens with zero attached hydrogens (tertiary/aromatic N) is 1. The number of benzene rings is 1. The Kier molecular flexibility index (Phi) is 4.63. The highest BCUT2D eigenvalue weighted by Gasteiger charge is 2.44. The van der Waals surface area contributed by atoms with Crippen molar-refractivity contribution < 1.29 is 23.9 Å². The molecule has 1 aromatic carbocycles. The molecule has 1 aromatic rings. The predicted octanol–water partition coefficient (Wildman–Crippen LogP) is -0.512. The van der Waals surface area contributed by atoms with Gasteiger partial charge < -0.3 is 15.4 Å². The number of hydrogen-bond acceptors (Lipinski definition) is 7. The molecule has 9 nitrogen and oxygen atoms in total. The number of hydrogen-bond donors (Lipinski definition) is 3. The number of amides is 4. The van der Waals surface area contributed by atoms with E-state index in [-0.39, 0.29) is 30.1 Å². The molecule has 4 amide bonds. The fourth-order valence-corrected chi connectivity index (χ4v) is 3.56. The van der Waals surface area contributed by atoms with Gasteiger partial charge in [-0.25, -0.2) is 0 Å². The minimum atomic E-state index is -0.951. The van der Waals surface area contributed by atoms with Crippen molar-refractivity contribution in [1.82, 2.24) is 15.5 Å². The van der Waals surface area contributed by atoms with E-state index in [1.165, 1.54) is 0 Å². The maximum atomic E-state index is 12.8. The summed E-state index contributed by atoms with van der Waals surface area (Å²) in [6.07, 6.45) is 0.281. The van der Waals surface area contributed by atoms with Crippen molar-refractivity contribution in [3.8, 4) is 0 Å². The zero-order valence-electron chi connectivity index (χ0n) is 14.6. The van der Waals surface area contributed by atoms with Crippen LogP contribution < -0.4 is 16.0 Å². The first-order valence-corrected chi connectivity index (χ1v) is 8.96. The largest absolute Gasteiger partial charge is 0.382 e. The summed E-state index contributed by atoms with van der Waals surface area (Å²) in [5.41, 5.74) is 1.23. The van der Waals surface area contributed by atoms with E-state index >= 15 is 0 Å². The number of morpholine rings is 1. The second kappa shape index (κ2) is 7.09. The van der Waals surface area contributed by atoms with Gasteiger partial charge in [0.2, 0.25) is 11.8 Å². The number of imide groups is 2. The molecule has 4 rings (SSSR count). The van der Waals surface area contributed by atoms with Gasteiger partial charge in [-0.1, -0.05) is 0 Å². The Morgan fingerprint density at radius 1 is 1.15 bits per heavy atom. The van der Waals surface area contributed by atoms with Crippen LogP contribution in [0.3, 0.4) is 0 Å². The normalized spacial score (nSPS) is 25.4. The number of anilines is 1. The molecule has 2 unspecified atom stereocenters. The lowest BCUT2D eigenvalue weighted by Gasteiger charge is -2.27. The van der Waals surface area contributed by atoms with Gasteiger partial charge >= 0.3 is 0 Å². The van der Waals surface area contributed by atoms with Gasteiger partial charge in [-0.15, -0.1) is 0 Å². The molecule has 0 aliphatic carbocycles. The van der Waals surface area contributed by atoms with Crippen LogP contribution in [0.5, 0.6) is 0 Å². The minimum Gasteiger partial charge on any atom is -0.382 e. The molecule has 3 aliphatic heterocycles. The van der Waals surface area contributed by atoms with E-state index < -0.39 is 29.7 Å². The van der Waals surface area contributed by atoms with E-state index in [9.17, 15) is 19.2 Å². The Balaban J connectivity index is 1.49. The summed E-state index contributed by atoms with van der Waals surface area (Å²) in [5, 5.41) is 8.65. The molecule has 3 aliphatic rings. The lowest BCUT2D eigenvalue weighted by atomic mass is 10.0. The minimum absolute atomic E-state index is 0.0318. The van der Waals surface area contributed by atoms with Gasteiger partial charge in [0.1, 0.15) is 6.04 Å². The van der Waals surface area contributed by atoms with Crippen LogP contribution in [0.15, 0.2) is 18.2 Å². The third-order valence-electron chi connectivity index (χ3n) is 4.98. The standard InChI is InChI=1S/C18H20N4O5/c23-15-4-3-14(16(24)21-15)22-17(25)12-2-1-10(7-13(12)18(22)26)20-9-11-8-19-5-6-27-11/h1-2,7,11,14,19-20H,3-6,8-9H2,(H,21,23,24). The SMILES string of the molecule is O=C1CCC(N2C(=O)c3ccc(NCC4CNCCO4)cc3C2=O)C(=O)N1. The third kappa shape index (κ3) is 3.31. The number of nitrogens with one attached hydrogen (secondary N) is 3. The Morgan fingerprint density at radius 2 is 1.96 bits per heavy atom. The molecule has 2 atom stereocenters. The van der Waals surface area contributed by atoms with Crippen molar-refractivity contribution in [3.63, 3.8) is 0 Å². The average Bonchev–Trinajstić information content (AvgIpc) is 2.92. The zero-order chi connectivity index (χ0) is 19.0. The number of ether oxygens (including phenoxy) is 1. The molecule has 142 valence electrons. The molecule has 0 radical (unpaired) electrons. The van der Waals surface area contributed by atoms with Crippen molar-refractivity contribution in [2.24, 2.45) is 0 Å². The van der Waals surface area contributed by atoms with Crippen LogP contribution in [0.2, 0.25) is 0 Å². The van der Waals surface area contributed by atoms with Crippen LogP contribution in [0.25, 0.3) is 0 Å². The van der Waals surface area contributed by atoms with Crippen molar-refractivity contribution in [1.29, 1.82) is 0 Å². The van der Waals surface area contributed by atoms with E-state index in [1.807, 2.05) is 0 Å². The Hall–Kier alpha value is -2.78. The highest BCUT2D eigenvalue weighted by atomic mass is 16.5. The van der Waals surface area contributed by atoms with Gasteiger partial charge in [0, 0.05) is 31.7 Å². The van der Waals surface area contributed by atoms with Gasteiger partial charge in [0.05, 0.1) is 23.8 Å². The van der Waals surface area contributed by atoms with Gasteiger partial charge in [0.25, 0.3) is 11.8 Å². The molecule has 0 spiro atoms. The lowest BCUT2D eigenvalue weighted by molar-refractivity contribution is -0.136. The first kappa shape index (κ1) is 17.6. The average molecular weight is 372 g/mol. The summed E-state index contributed by atoms with van der Waals surface area (Å²) in [6.45, 7) is 2.82. The fraction of sp³-hybridized carbons (Fsp3) is 0.444. The number of carbonyl (C=O) groups is 4. The second-order valence-corrected chi connectivity index (χ2v) is 6.79. The Morgan fingerprint density at radius 3 is 2.70 bits per heavy atom. The van der Waals surface area contributed by atoms with Crippen LogP contribution in [-0.4, -0.2) is 66.9 Å². The topological polar surface area (TPSA) is 117 Å². The Labute approximate surface area is 155 Å². The molecule has 2 saturated heterocycles. The van der Waals surface area contributed by atoms with Crippen molar-refractivity contribution in [2.45, 2.75) is 25.0 Å². The van der Waals surface area contributed by atoms with Crippen LogP contribution >= 0.6 is 0 Å². The molecule has 0 aromatic heterocycles. The Bertz CT molecular complexity index is 818. The van der Waals surface area contributed by atoms with Gasteiger partial charge in [-0.3, -0.25) is 29.4 Å². The highest BCUT2D eigenvalue weighted by molar-refractivity contribution is 6.23. The number of fused-ring (bicyclic) bond motifs is 1. The number of rotatable bonds is 4. The van der Waals surface area contributed by atoms with Gasteiger partial charge in [-0.2, -0.15) is 0 Å². The maximum Gasteiger partial charge on any atom is 0.262 e. The van der Waals surface area contributed by atoms with E-state index in [0.717, 1.165) is 18.0 Å². The molecule has 2 fully saturated rings. The quantitative estimate of drug-likeness (QED) is 0.610. The van der Waals surface area contributed by atoms with Crippen LogP contribution in [0, 0.1) is 0 Å². The summed E-state index contributed by atoms with van der Waals surface area (Å²) in [7, 11) is 0. The second-order valence-electron chi connectivity index (χ2n) is 6.79. The van der Waals surface area contributed by atoms with Crippen molar-refractivity contribution >= 4 is 29.3 Å². The van der Waals surface area contributed by atoms with Gasteiger partial charge in [-0.05, 0) is 24.6 Å². The molecular weight excluding hydrogens is 352 g/mol. The summed E-state index contributed by atoms with van der Waals surface area (Å²) in [6, 6.07) is 3.99. The maximum absolute atomic E-state index is 12.8. The molecular formula is C18H20N4O5. The van der Waals surface area contributed by atoms with E-state index in [2.05, 4.69) is 16.0 Å². The highest BCUT2D eigenvalue weighted by Crippen LogP contribution is 2.29. The first-order chi connectivity index (χ1) is 13.0. The van der Waals surface area contributed by atoms with Crippen molar-refractivity contribution in [2.75, 3.05) is 31.6 Å². The van der Waals surface area contributed by atoms with E-state index in [4.69, 9.17) is 4.74 Å². The van der Waals surface area contributed by atoms with E-state index in [0.29, 0.717) is 18.8 Å². The summed E-state index contributed by atoms with van der Waals surface area (Å²) < 4.78 is 5.62. The molecule has 27 heavy (non-hydrogen) atoms. The fourth-order valence-electron chi connectivity index (χ4n) is 3.56. The molecule has 0 bridgehead atoms. The molecule has 3 N–H and O–H groups in total. The van der Waals surface area contributed by atoms with Crippen LogP contribution in [0.4, 0.5) is 5.69 Å². The van der Waals surface area contributed by atoms with Crippen molar-refractivity contribution in [3.05, 3.63) is 29.3 Å². The first-order valence-electron chi connectivity index (χ1n) is 8.96. The van der Waals surface area contributed by atoms with Crippen LogP contribution in [0.1, 0.15) is 33.6 Å². The molecule has 9 heteroatoms. The lowest BCUT2D eigenvalue weighted by Crippen LogP contribution is -2.54. The zero-order valence-corrected chi connectivity index (χ0v) is 14.6. The monoisotopic (exact) mass is 372 g/mol. The molecule has 0 saturated carbocycles. The van der Waals surface area contributed by atoms with Crippen LogP contribution in [-0.2, 0) is 14.3 Å². The summed E-state index contributed by atoms with van der Waals surface area (Å²) in [4.78, 5) is 49.8. The smallest absolute Gasteiger partial charge is 0.262 e. The number of piperidine rings is 1. The third-order valence-corrected chi connectivity index (χ3v) is 4.98. The van der Waals surface area contributed by atoms with E-state index in [1.54, 1.807) is 18.2 Å². The van der Waals surface area contributed by atoms with Gasteiger partial charge in [0.15, 0.2) is 0 Å². The molecule has 3 heterocycles.